The molecule has 2 N–H and O–H groups in total. The first-order chi connectivity index (χ1) is 10.1. The summed E-state index contributed by atoms with van der Waals surface area (Å²) in [5, 5.41) is 12.4. The highest BCUT2D eigenvalue weighted by atomic mass is 16.4. The zero-order valence-corrected chi connectivity index (χ0v) is 12.5. The van der Waals surface area contributed by atoms with Crippen molar-refractivity contribution in [3.05, 3.63) is 35.9 Å². The van der Waals surface area contributed by atoms with Crippen LogP contribution in [0.2, 0.25) is 0 Å². The maximum absolute atomic E-state index is 12.5. The van der Waals surface area contributed by atoms with Gasteiger partial charge in [0.2, 0.25) is 5.91 Å². The number of carboxylic acids is 1. The number of amides is 1. The van der Waals surface area contributed by atoms with Crippen LogP contribution in [0.4, 0.5) is 0 Å². The molecule has 114 valence electrons. The van der Waals surface area contributed by atoms with E-state index in [4.69, 9.17) is 0 Å². The van der Waals surface area contributed by atoms with Gasteiger partial charge in [-0.15, -0.1) is 0 Å². The maximum Gasteiger partial charge on any atom is 0.329 e. The Morgan fingerprint density at radius 1 is 1.10 bits per heavy atom. The lowest BCUT2D eigenvalue weighted by atomic mass is 9.88. The molecule has 1 fully saturated rings. The molecule has 1 aliphatic rings. The Hall–Kier alpha value is -1.84. The van der Waals surface area contributed by atoms with Crippen LogP contribution < -0.4 is 5.32 Å². The van der Waals surface area contributed by atoms with E-state index in [1.807, 2.05) is 37.3 Å². The van der Waals surface area contributed by atoms with Crippen LogP contribution in [0.5, 0.6) is 0 Å². The molecule has 0 radical (unpaired) electrons. The topological polar surface area (TPSA) is 66.4 Å². The van der Waals surface area contributed by atoms with Crippen LogP contribution in [-0.2, 0) is 9.59 Å². The van der Waals surface area contributed by atoms with Crippen molar-refractivity contribution in [2.24, 2.45) is 0 Å². The van der Waals surface area contributed by atoms with Gasteiger partial charge in [-0.3, -0.25) is 4.79 Å². The normalized spacial score (nSPS) is 19.3. The summed E-state index contributed by atoms with van der Waals surface area (Å²) in [6, 6.07) is 9.46. The van der Waals surface area contributed by atoms with Crippen molar-refractivity contribution in [1.82, 2.24) is 5.32 Å². The summed E-state index contributed by atoms with van der Waals surface area (Å²) < 4.78 is 0. The molecule has 0 unspecified atom stereocenters. The van der Waals surface area contributed by atoms with E-state index >= 15 is 0 Å². The van der Waals surface area contributed by atoms with Gasteiger partial charge in [-0.25, -0.2) is 4.79 Å². The predicted octanol–water partition coefficient (Wildman–Crippen LogP) is 3.08. The highest BCUT2D eigenvalue weighted by Crippen LogP contribution is 2.28. The lowest BCUT2D eigenvalue weighted by Gasteiger charge is -2.30. The third-order valence-electron chi connectivity index (χ3n) is 4.42. The van der Waals surface area contributed by atoms with Crippen molar-refractivity contribution in [2.75, 3.05) is 0 Å². The van der Waals surface area contributed by atoms with Gasteiger partial charge in [-0.2, -0.15) is 0 Å². The summed E-state index contributed by atoms with van der Waals surface area (Å²) in [7, 11) is 0. The minimum absolute atomic E-state index is 0.203. The molecule has 1 amide bonds. The number of benzene rings is 1. The first-order valence-electron chi connectivity index (χ1n) is 7.65. The van der Waals surface area contributed by atoms with Gasteiger partial charge in [0.25, 0.3) is 0 Å². The Bertz CT molecular complexity index is 490. The molecule has 2 rings (SSSR count). The minimum Gasteiger partial charge on any atom is -0.480 e. The van der Waals surface area contributed by atoms with Crippen LogP contribution in [0, 0.1) is 0 Å². The van der Waals surface area contributed by atoms with E-state index in [9.17, 15) is 14.7 Å². The van der Waals surface area contributed by atoms with Gasteiger partial charge in [0.15, 0.2) is 0 Å². The average Bonchev–Trinajstić information content (AvgIpc) is 2.74. The number of carbonyl (C=O) groups is 2. The molecule has 4 heteroatoms. The van der Waals surface area contributed by atoms with Gasteiger partial charge in [0.05, 0.1) is 5.92 Å². The molecule has 0 aromatic heterocycles. The minimum atomic E-state index is -1.09. The number of hydrogen-bond donors (Lipinski definition) is 2. The number of carboxylic acid groups (broad SMARTS) is 1. The Kier molecular flexibility index (Phi) is 4.99. The fourth-order valence-corrected chi connectivity index (χ4v) is 2.96. The van der Waals surface area contributed by atoms with Crippen LogP contribution in [0.15, 0.2) is 30.3 Å². The summed E-state index contributed by atoms with van der Waals surface area (Å²) in [6.45, 7) is 1.82. The van der Waals surface area contributed by atoms with Gasteiger partial charge in [-0.05, 0) is 25.3 Å². The number of nitrogens with one attached hydrogen (secondary N) is 1. The standard InChI is InChI=1S/C17H23NO3/c1-13(14-9-5-4-6-10-14)15(19)18-17(16(20)21)11-7-2-3-8-12-17/h4-6,9-10,13H,2-3,7-8,11-12H2,1H3,(H,18,19)(H,20,21)/t13-/m1/s1. The first-order valence-corrected chi connectivity index (χ1v) is 7.65. The molecule has 1 aliphatic carbocycles. The summed E-state index contributed by atoms with van der Waals surface area (Å²) >= 11 is 0. The van der Waals surface area contributed by atoms with Crippen LogP contribution >= 0.6 is 0 Å². The zero-order valence-electron chi connectivity index (χ0n) is 12.5. The fourth-order valence-electron chi connectivity index (χ4n) is 2.96. The number of hydrogen-bond acceptors (Lipinski definition) is 2. The molecule has 1 aromatic carbocycles. The van der Waals surface area contributed by atoms with E-state index in [0.717, 1.165) is 31.2 Å². The molecule has 0 aliphatic heterocycles. The smallest absolute Gasteiger partial charge is 0.329 e. The van der Waals surface area contributed by atoms with Crippen molar-refractivity contribution >= 4 is 11.9 Å². The van der Waals surface area contributed by atoms with Gasteiger partial charge in [0.1, 0.15) is 5.54 Å². The van der Waals surface area contributed by atoms with E-state index in [1.54, 1.807) is 0 Å². The van der Waals surface area contributed by atoms with Crippen molar-refractivity contribution in [1.29, 1.82) is 0 Å². The molecule has 21 heavy (non-hydrogen) atoms. The molecule has 1 atom stereocenters. The van der Waals surface area contributed by atoms with Gasteiger partial charge in [0, 0.05) is 0 Å². The number of aliphatic carboxylic acids is 1. The number of carbonyl (C=O) groups excluding carboxylic acids is 1. The Labute approximate surface area is 125 Å². The van der Waals surface area contributed by atoms with E-state index in [1.165, 1.54) is 0 Å². The molecular weight excluding hydrogens is 266 g/mol. The van der Waals surface area contributed by atoms with Crippen molar-refractivity contribution in [2.45, 2.75) is 56.9 Å². The molecule has 0 bridgehead atoms. The molecule has 0 saturated heterocycles. The third kappa shape index (κ3) is 3.63. The van der Waals surface area contributed by atoms with Crippen molar-refractivity contribution < 1.29 is 14.7 Å². The largest absolute Gasteiger partial charge is 0.480 e. The monoisotopic (exact) mass is 289 g/mol. The van der Waals surface area contributed by atoms with Crippen LogP contribution in [0.25, 0.3) is 0 Å². The molecular formula is C17H23NO3. The average molecular weight is 289 g/mol. The SMILES string of the molecule is C[C@@H](C(=O)NC1(C(=O)O)CCCCCC1)c1ccccc1. The van der Waals surface area contributed by atoms with Gasteiger partial charge >= 0.3 is 5.97 Å². The highest BCUT2D eigenvalue weighted by Gasteiger charge is 2.40. The second kappa shape index (κ2) is 6.74. The molecule has 0 spiro atoms. The van der Waals surface area contributed by atoms with E-state index < -0.39 is 11.5 Å². The Morgan fingerprint density at radius 3 is 2.19 bits per heavy atom. The molecule has 0 heterocycles. The fraction of sp³-hybridized carbons (Fsp3) is 0.529. The quantitative estimate of drug-likeness (QED) is 0.837. The first kappa shape index (κ1) is 15.5. The predicted molar refractivity (Wildman–Crippen MR) is 81.1 cm³/mol. The number of rotatable bonds is 4. The Balaban J connectivity index is 2.13. The summed E-state index contributed by atoms with van der Waals surface area (Å²) in [5.74, 6) is -1.45. The third-order valence-corrected chi connectivity index (χ3v) is 4.42. The van der Waals surface area contributed by atoms with Crippen molar-refractivity contribution in [3.63, 3.8) is 0 Å². The second-order valence-corrected chi connectivity index (χ2v) is 5.92. The van der Waals surface area contributed by atoms with Crippen LogP contribution in [0.3, 0.4) is 0 Å². The molecule has 1 aromatic rings. The van der Waals surface area contributed by atoms with Crippen LogP contribution in [0.1, 0.15) is 56.9 Å². The van der Waals surface area contributed by atoms with Gasteiger partial charge in [-0.1, -0.05) is 56.0 Å². The van der Waals surface area contributed by atoms with E-state index in [0.29, 0.717) is 12.8 Å². The molecule has 1 saturated carbocycles. The summed E-state index contributed by atoms with van der Waals surface area (Å²) in [6.07, 6.45) is 4.84. The van der Waals surface area contributed by atoms with Crippen molar-refractivity contribution in [3.8, 4) is 0 Å². The van der Waals surface area contributed by atoms with E-state index in [2.05, 4.69) is 5.32 Å². The lowest BCUT2D eigenvalue weighted by molar-refractivity contribution is -0.148. The maximum atomic E-state index is 12.5. The van der Waals surface area contributed by atoms with E-state index in [-0.39, 0.29) is 11.8 Å². The highest BCUT2D eigenvalue weighted by molar-refractivity contribution is 5.90. The van der Waals surface area contributed by atoms with Gasteiger partial charge < -0.3 is 10.4 Å². The van der Waals surface area contributed by atoms with Crippen LogP contribution in [-0.4, -0.2) is 22.5 Å². The summed E-state index contributed by atoms with van der Waals surface area (Å²) in [5.41, 5.74) is -0.180. The second-order valence-electron chi connectivity index (χ2n) is 5.92. The summed E-state index contributed by atoms with van der Waals surface area (Å²) in [4.78, 5) is 24.2. The Morgan fingerprint density at radius 2 is 1.67 bits per heavy atom. The zero-order chi connectivity index (χ0) is 15.3. The lowest BCUT2D eigenvalue weighted by Crippen LogP contribution is -2.55. The molecule has 4 nitrogen and oxygen atoms in total.